The van der Waals surface area contributed by atoms with Crippen LogP contribution in [-0.2, 0) is 0 Å². The summed E-state index contributed by atoms with van der Waals surface area (Å²) in [7, 11) is 0. The van der Waals surface area contributed by atoms with E-state index < -0.39 is 0 Å². The SMILES string of the molecule is CCCCCC(C)Nc1ncnc(Cl)c1C=O. The van der Waals surface area contributed by atoms with E-state index in [1.165, 1.54) is 25.6 Å². The minimum atomic E-state index is 0.193. The zero-order valence-corrected chi connectivity index (χ0v) is 11.0. The van der Waals surface area contributed by atoms with Crippen LogP contribution in [0.5, 0.6) is 0 Å². The van der Waals surface area contributed by atoms with E-state index >= 15 is 0 Å². The first kappa shape index (κ1) is 13.9. The van der Waals surface area contributed by atoms with Gasteiger partial charge in [0.2, 0.25) is 0 Å². The zero-order valence-electron chi connectivity index (χ0n) is 10.2. The molecule has 0 spiro atoms. The summed E-state index contributed by atoms with van der Waals surface area (Å²) in [6.45, 7) is 4.24. The highest BCUT2D eigenvalue weighted by Crippen LogP contribution is 2.18. The summed E-state index contributed by atoms with van der Waals surface area (Å²) >= 11 is 5.82. The van der Waals surface area contributed by atoms with E-state index in [1.807, 2.05) is 0 Å². The second kappa shape index (κ2) is 7.22. The second-order valence-electron chi connectivity index (χ2n) is 4.09. The summed E-state index contributed by atoms with van der Waals surface area (Å²) in [5.41, 5.74) is 0.330. The van der Waals surface area contributed by atoms with Gasteiger partial charge in [0.15, 0.2) is 6.29 Å². The molecule has 1 rings (SSSR count). The Bertz CT molecular complexity index is 371. The normalized spacial score (nSPS) is 12.2. The molecule has 0 aliphatic heterocycles. The third-order valence-electron chi connectivity index (χ3n) is 2.58. The number of carbonyl (C=O) groups is 1. The predicted molar refractivity (Wildman–Crippen MR) is 69.7 cm³/mol. The lowest BCUT2D eigenvalue weighted by Gasteiger charge is -2.15. The maximum absolute atomic E-state index is 10.9. The first-order valence-corrected chi connectivity index (χ1v) is 6.29. The summed E-state index contributed by atoms with van der Waals surface area (Å²) in [4.78, 5) is 18.7. The average molecular weight is 256 g/mol. The fourth-order valence-electron chi connectivity index (χ4n) is 1.60. The van der Waals surface area contributed by atoms with Crippen LogP contribution in [0.3, 0.4) is 0 Å². The van der Waals surface area contributed by atoms with Crippen molar-refractivity contribution < 1.29 is 4.79 Å². The first-order chi connectivity index (χ1) is 8.19. The van der Waals surface area contributed by atoms with E-state index in [4.69, 9.17) is 11.6 Å². The Hall–Kier alpha value is -1.16. The lowest BCUT2D eigenvalue weighted by atomic mass is 10.1. The van der Waals surface area contributed by atoms with Gasteiger partial charge in [0, 0.05) is 6.04 Å². The van der Waals surface area contributed by atoms with E-state index in [0.717, 1.165) is 6.42 Å². The largest absolute Gasteiger partial charge is 0.367 e. The molecule has 0 amide bonds. The zero-order chi connectivity index (χ0) is 12.7. The number of carbonyl (C=O) groups excluding carboxylic acids is 1. The second-order valence-corrected chi connectivity index (χ2v) is 4.44. The molecule has 0 saturated carbocycles. The number of hydrogen-bond donors (Lipinski definition) is 1. The topological polar surface area (TPSA) is 54.9 Å². The van der Waals surface area contributed by atoms with Crippen molar-refractivity contribution in [2.75, 3.05) is 5.32 Å². The molecular weight excluding hydrogens is 238 g/mol. The van der Waals surface area contributed by atoms with Crippen molar-refractivity contribution >= 4 is 23.7 Å². The average Bonchev–Trinajstić information content (AvgIpc) is 2.29. The molecule has 1 aromatic heterocycles. The molecule has 0 saturated heterocycles. The maximum atomic E-state index is 10.9. The van der Waals surface area contributed by atoms with Crippen molar-refractivity contribution in [3.05, 3.63) is 17.0 Å². The van der Waals surface area contributed by atoms with Gasteiger partial charge in [0.1, 0.15) is 17.3 Å². The van der Waals surface area contributed by atoms with Gasteiger partial charge in [-0.1, -0.05) is 37.8 Å². The van der Waals surface area contributed by atoms with Crippen LogP contribution in [0.15, 0.2) is 6.33 Å². The Morgan fingerprint density at radius 1 is 1.47 bits per heavy atom. The van der Waals surface area contributed by atoms with Crippen LogP contribution in [0.4, 0.5) is 5.82 Å². The molecule has 4 nitrogen and oxygen atoms in total. The molecule has 0 fully saturated rings. The Kier molecular flexibility index (Phi) is 5.91. The highest BCUT2D eigenvalue weighted by atomic mass is 35.5. The highest BCUT2D eigenvalue weighted by molar-refractivity contribution is 6.32. The predicted octanol–water partition coefficient (Wildman–Crippen LogP) is 3.32. The number of aldehydes is 1. The minimum absolute atomic E-state index is 0.193. The van der Waals surface area contributed by atoms with Gasteiger partial charge >= 0.3 is 0 Å². The standard InChI is InChI=1S/C12H18ClN3O/c1-3-4-5-6-9(2)16-12-10(7-17)11(13)14-8-15-12/h7-9H,3-6H2,1-2H3,(H,14,15,16). The monoisotopic (exact) mass is 255 g/mol. The van der Waals surface area contributed by atoms with Crippen molar-refractivity contribution in [3.8, 4) is 0 Å². The number of nitrogens with one attached hydrogen (secondary N) is 1. The van der Waals surface area contributed by atoms with Crippen molar-refractivity contribution in [1.82, 2.24) is 9.97 Å². The number of aromatic nitrogens is 2. The summed E-state index contributed by atoms with van der Waals surface area (Å²) in [5.74, 6) is 0.518. The summed E-state index contributed by atoms with van der Waals surface area (Å²) in [6.07, 6.45) is 6.68. The molecule has 0 aliphatic rings. The molecule has 0 radical (unpaired) electrons. The Morgan fingerprint density at radius 3 is 2.88 bits per heavy atom. The summed E-state index contributed by atoms with van der Waals surface area (Å²) in [6, 6.07) is 0.270. The Balaban J connectivity index is 2.61. The minimum Gasteiger partial charge on any atom is -0.367 e. The van der Waals surface area contributed by atoms with Crippen LogP contribution in [0.2, 0.25) is 5.15 Å². The molecule has 0 aromatic carbocycles. The van der Waals surface area contributed by atoms with Gasteiger partial charge < -0.3 is 5.32 Å². The van der Waals surface area contributed by atoms with Gasteiger partial charge in [-0.15, -0.1) is 0 Å². The van der Waals surface area contributed by atoms with Gasteiger partial charge in [-0.2, -0.15) is 0 Å². The van der Waals surface area contributed by atoms with E-state index in [2.05, 4.69) is 29.1 Å². The van der Waals surface area contributed by atoms with Crippen molar-refractivity contribution in [2.24, 2.45) is 0 Å². The molecule has 1 unspecified atom stereocenters. The quantitative estimate of drug-likeness (QED) is 0.461. The molecule has 1 heterocycles. The van der Waals surface area contributed by atoms with Crippen LogP contribution < -0.4 is 5.32 Å². The number of rotatable bonds is 7. The Labute approximate surface area is 107 Å². The van der Waals surface area contributed by atoms with E-state index in [1.54, 1.807) is 0 Å². The molecule has 5 heteroatoms. The van der Waals surface area contributed by atoms with Crippen LogP contribution >= 0.6 is 11.6 Å². The number of unbranched alkanes of at least 4 members (excludes halogenated alkanes) is 2. The van der Waals surface area contributed by atoms with Crippen molar-refractivity contribution in [1.29, 1.82) is 0 Å². The van der Waals surface area contributed by atoms with E-state index in [9.17, 15) is 4.79 Å². The van der Waals surface area contributed by atoms with Crippen LogP contribution in [0, 0.1) is 0 Å². The molecule has 17 heavy (non-hydrogen) atoms. The number of halogens is 1. The van der Waals surface area contributed by atoms with Gasteiger partial charge in [-0.05, 0) is 13.3 Å². The maximum Gasteiger partial charge on any atom is 0.156 e. The van der Waals surface area contributed by atoms with Crippen LogP contribution in [-0.4, -0.2) is 22.3 Å². The molecule has 94 valence electrons. The highest BCUT2D eigenvalue weighted by Gasteiger charge is 2.11. The summed E-state index contributed by atoms with van der Waals surface area (Å²) in [5, 5.41) is 3.39. The van der Waals surface area contributed by atoms with Crippen LogP contribution in [0.25, 0.3) is 0 Å². The smallest absolute Gasteiger partial charge is 0.156 e. The van der Waals surface area contributed by atoms with E-state index in [-0.39, 0.29) is 11.2 Å². The molecule has 1 atom stereocenters. The molecular formula is C12H18ClN3O. The first-order valence-electron chi connectivity index (χ1n) is 5.91. The van der Waals surface area contributed by atoms with Gasteiger partial charge in [0.05, 0.1) is 5.56 Å². The molecule has 1 aromatic rings. The van der Waals surface area contributed by atoms with Gasteiger partial charge in [-0.25, -0.2) is 9.97 Å². The lowest BCUT2D eigenvalue weighted by molar-refractivity contribution is 0.112. The van der Waals surface area contributed by atoms with E-state index in [0.29, 0.717) is 17.7 Å². The van der Waals surface area contributed by atoms with Crippen molar-refractivity contribution in [2.45, 2.75) is 45.6 Å². The molecule has 0 aliphatic carbocycles. The van der Waals surface area contributed by atoms with Crippen LogP contribution in [0.1, 0.15) is 49.9 Å². The lowest BCUT2D eigenvalue weighted by Crippen LogP contribution is -2.17. The summed E-state index contributed by atoms with van der Waals surface area (Å²) < 4.78 is 0. The third-order valence-corrected chi connectivity index (χ3v) is 2.88. The van der Waals surface area contributed by atoms with Gasteiger partial charge in [0.25, 0.3) is 0 Å². The third kappa shape index (κ3) is 4.30. The Morgan fingerprint density at radius 2 is 2.24 bits per heavy atom. The fourth-order valence-corrected chi connectivity index (χ4v) is 1.78. The van der Waals surface area contributed by atoms with Crippen molar-refractivity contribution in [3.63, 3.8) is 0 Å². The number of anilines is 1. The molecule has 1 N–H and O–H groups in total. The molecule has 0 bridgehead atoms. The van der Waals surface area contributed by atoms with Gasteiger partial charge in [-0.3, -0.25) is 4.79 Å². The number of hydrogen-bond acceptors (Lipinski definition) is 4. The fraction of sp³-hybridized carbons (Fsp3) is 0.583. The number of nitrogens with zero attached hydrogens (tertiary/aromatic N) is 2.